The molecule has 0 radical (unpaired) electrons. The smallest absolute Gasteiger partial charge is 0.238 e. The van der Waals surface area contributed by atoms with E-state index in [1.54, 1.807) is 24.3 Å². The molecule has 2 atom stereocenters. The fourth-order valence-electron chi connectivity index (χ4n) is 3.22. The highest BCUT2D eigenvalue weighted by molar-refractivity contribution is 7.89. The number of hydrogen-bond acceptors (Lipinski definition) is 6. The van der Waals surface area contributed by atoms with Crippen molar-refractivity contribution in [2.24, 2.45) is 21.7 Å². The first-order chi connectivity index (χ1) is 17.8. The Hall–Kier alpha value is -3.38. The third kappa shape index (κ3) is 10.2. The molecule has 0 spiro atoms. The summed E-state index contributed by atoms with van der Waals surface area (Å²) in [5.74, 6) is 0. The molecular formula is C28H34N4O4S2. The van der Waals surface area contributed by atoms with E-state index in [2.05, 4.69) is 0 Å². The second-order valence-electron chi connectivity index (χ2n) is 8.59. The molecule has 0 unspecified atom stereocenters. The first-order valence-electron chi connectivity index (χ1n) is 11.6. The number of nitrogens with two attached hydrogens (primary N) is 4. The van der Waals surface area contributed by atoms with Crippen molar-refractivity contribution in [1.29, 1.82) is 0 Å². The van der Waals surface area contributed by atoms with Crippen LogP contribution >= 0.6 is 0 Å². The number of benzene rings is 4. The van der Waals surface area contributed by atoms with E-state index in [-0.39, 0.29) is 21.9 Å². The minimum absolute atomic E-state index is 0.156. The standard InChI is InChI=1S/C14H16N2.2C7H9NO2S/c15-13(11-7-3-1-4-8-11)14(16)12-9-5-2-6-10-12;2*1-6-2-4-7(5-3-6)11(8,9)10/h1-10,13-14H,15-16H2;2*2-5H,1H3,(H2,8,9,10)/t13-,14-;;/m0../s1. The van der Waals surface area contributed by atoms with Crippen LogP contribution in [0.4, 0.5) is 0 Å². The van der Waals surface area contributed by atoms with Gasteiger partial charge in [0.2, 0.25) is 20.0 Å². The predicted octanol–water partition coefficient (Wildman–Crippen LogP) is 3.67. The van der Waals surface area contributed by atoms with E-state index in [1.807, 2.05) is 74.5 Å². The SMILES string of the molecule is Cc1ccc(S(N)(=O)=O)cc1.Cc1ccc(S(N)(=O)=O)cc1.N[C@@H](c1ccccc1)[C@@H](N)c1ccccc1. The average molecular weight is 555 g/mol. The number of hydrogen-bond donors (Lipinski definition) is 4. The lowest BCUT2D eigenvalue weighted by Gasteiger charge is -2.20. The van der Waals surface area contributed by atoms with Crippen LogP contribution in [0.1, 0.15) is 34.3 Å². The fourth-order valence-corrected chi connectivity index (χ4v) is 4.25. The van der Waals surface area contributed by atoms with Gasteiger partial charge in [0.25, 0.3) is 0 Å². The average Bonchev–Trinajstić information content (AvgIpc) is 2.89. The van der Waals surface area contributed by atoms with Crippen LogP contribution in [0.2, 0.25) is 0 Å². The molecule has 4 aromatic rings. The van der Waals surface area contributed by atoms with Crippen LogP contribution in [0.25, 0.3) is 0 Å². The van der Waals surface area contributed by atoms with Gasteiger partial charge in [0.05, 0.1) is 9.79 Å². The molecule has 0 saturated heterocycles. The van der Waals surface area contributed by atoms with E-state index >= 15 is 0 Å². The zero-order valence-corrected chi connectivity index (χ0v) is 22.9. The van der Waals surface area contributed by atoms with E-state index in [1.165, 1.54) is 24.3 Å². The Morgan fingerprint density at radius 2 is 0.737 bits per heavy atom. The minimum atomic E-state index is -3.52. The van der Waals surface area contributed by atoms with Gasteiger partial charge in [0.1, 0.15) is 0 Å². The highest BCUT2D eigenvalue weighted by atomic mass is 32.2. The molecular weight excluding hydrogens is 520 g/mol. The van der Waals surface area contributed by atoms with Crippen molar-refractivity contribution in [3.8, 4) is 0 Å². The lowest BCUT2D eigenvalue weighted by Crippen LogP contribution is -2.26. The molecule has 0 aliphatic heterocycles. The molecule has 0 saturated carbocycles. The van der Waals surface area contributed by atoms with Crippen LogP contribution in [0.15, 0.2) is 119 Å². The maximum atomic E-state index is 10.7. The van der Waals surface area contributed by atoms with E-state index in [9.17, 15) is 16.8 Å². The van der Waals surface area contributed by atoms with Gasteiger partial charge in [-0.1, -0.05) is 96.1 Å². The molecule has 0 aliphatic carbocycles. The minimum Gasteiger partial charge on any atom is -0.322 e. The molecule has 0 heterocycles. The molecule has 8 N–H and O–H groups in total. The number of sulfonamides is 2. The van der Waals surface area contributed by atoms with Gasteiger partial charge in [-0.05, 0) is 49.2 Å². The summed E-state index contributed by atoms with van der Waals surface area (Å²) in [7, 11) is -7.04. The Kier molecular flexibility index (Phi) is 11.3. The summed E-state index contributed by atoms with van der Waals surface area (Å²) in [6, 6.07) is 32.4. The summed E-state index contributed by atoms with van der Waals surface area (Å²) in [4.78, 5) is 0.311. The first-order valence-corrected chi connectivity index (χ1v) is 14.7. The molecule has 8 nitrogen and oxygen atoms in total. The van der Waals surface area contributed by atoms with Crippen LogP contribution in [-0.4, -0.2) is 16.8 Å². The highest BCUT2D eigenvalue weighted by Crippen LogP contribution is 2.23. The Labute approximate surface area is 225 Å². The van der Waals surface area contributed by atoms with Gasteiger partial charge in [-0.2, -0.15) is 0 Å². The lowest BCUT2D eigenvalue weighted by molar-refractivity contribution is 0.574. The molecule has 4 aromatic carbocycles. The second-order valence-corrected chi connectivity index (χ2v) is 11.7. The van der Waals surface area contributed by atoms with E-state index in [4.69, 9.17) is 21.7 Å². The quantitative estimate of drug-likeness (QED) is 0.293. The Morgan fingerprint density at radius 1 is 0.474 bits per heavy atom. The normalized spacial score (nSPS) is 12.7. The van der Waals surface area contributed by atoms with Gasteiger partial charge in [-0.15, -0.1) is 0 Å². The van der Waals surface area contributed by atoms with Crippen molar-refractivity contribution < 1.29 is 16.8 Å². The van der Waals surface area contributed by atoms with Gasteiger partial charge in [0, 0.05) is 12.1 Å². The molecule has 0 aliphatic rings. The van der Waals surface area contributed by atoms with Gasteiger partial charge < -0.3 is 11.5 Å². The van der Waals surface area contributed by atoms with Gasteiger partial charge >= 0.3 is 0 Å². The maximum Gasteiger partial charge on any atom is 0.238 e. The Balaban J connectivity index is 0.000000206. The maximum absolute atomic E-state index is 10.7. The largest absolute Gasteiger partial charge is 0.322 e. The van der Waals surface area contributed by atoms with Crippen LogP contribution in [0.5, 0.6) is 0 Å². The van der Waals surface area contributed by atoms with Gasteiger partial charge in [-0.3, -0.25) is 0 Å². The highest BCUT2D eigenvalue weighted by Gasteiger charge is 2.16. The van der Waals surface area contributed by atoms with E-state index in [0.29, 0.717) is 0 Å². The predicted molar refractivity (Wildman–Crippen MR) is 152 cm³/mol. The zero-order valence-electron chi connectivity index (χ0n) is 21.3. The van der Waals surface area contributed by atoms with Crippen molar-refractivity contribution in [1.82, 2.24) is 0 Å². The Bertz CT molecular complexity index is 1360. The van der Waals surface area contributed by atoms with Gasteiger partial charge in [0.15, 0.2) is 0 Å². The van der Waals surface area contributed by atoms with Crippen molar-refractivity contribution in [2.75, 3.05) is 0 Å². The molecule has 202 valence electrons. The molecule has 0 fully saturated rings. The van der Waals surface area contributed by atoms with Crippen LogP contribution in [-0.2, 0) is 20.0 Å². The molecule has 4 rings (SSSR count). The number of rotatable bonds is 5. The summed E-state index contributed by atoms with van der Waals surface area (Å²) in [5, 5.41) is 9.76. The first kappa shape index (κ1) is 30.8. The van der Waals surface area contributed by atoms with E-state index in [0.717, 1.165) is 22.3 Å². The Morgan fingerprint density at radius 3 is 0.974 bits per heavy atom. The zero-order chi connectivity index (χ0) is 28.3. The third-order valence-electron chi connectivity index (χ3n) is 5.45. The molecule has 10 heteroatoms. The fraction of sp³-hybridized carbons (Fsp3) is 0.143. The summed E-state index contributed by atoms with van der Waals surface area (Å²) in [6.45, 7) is 3.76. The lowest BCUT2D eigenvalue weighted by atomic mass is 9.95. The molecule has 0 aromatic heterocycles. The van der Waals surface area contributed by atoms with Gasteiger partial charge in [-0.25, -0.2) is 27.1 Å². The third-order valence-corrected chi connectivity index (χ3v) is 7.31. The summed E-state index contributed by atoms with van der Waals surface area (Å²) >= 11 is 0. The molecule has 0 bridgehead atoms. The van der Waals surface area contributed by atoms with Crippen molar-refractivity contribution in [3.63, 3.8) is 0 Å². The molecule has 0 amide bonds. The summed E-state index contributed by atoms with van der Waals surface area (Å²) in [6.07, 6.45) is 0. The second kappa shape index (κ2) is 14.0. The van der Waals surface area contributed by atoms with Crippen LogP contribution < -0.4 is 21.7 Å². The molecule has 38 heavy (non-hydrogen) atoms. The topological polar surface area (TPSA) is 172 Å². The van der Waals surface area contributed by atoms with E-state index < -0.39 is 20.0 Å². The van der Waals surface area contributed by atoms with Crippen molar-refractivity contribution in [3.05, 3.63) is 131 Å². The number of aryl methyl sites for hydroxylation is 2. The summed E-state index contributed by atoms with van der Waals surface area (Å²) < 4.78 is 42.9. The summed E-state index contributed by atoms with van der Waals surface area (Å²) in [5.41, 5.74) is 16.5. The van der Waals surface area contributed by atoms with Crippen molar-refractivity contribution in [2.45, 2.75) is 35.7 Å². The van der Waals surface area contributed by atoms with Crippen LogP contribution in [0, 0.1) is 13.8 Å². The monoisotopic (exact) mass is 554 g/mol. The number of primary sulfonamides is 2. The van der Waals surface area contributed by atoms with Crippen molar-refractivity contribution >= 4 is 20.0 Å². The van der Waals surface area contributed by atoms with Crippen LogP contribution in [0.3, 0.4) is 0 Å².